The molecule has 0 saturated heterocycles. The summed E-state index contributed by atoms with van der Waals surface area (Å²) in [6.07, 6.45) is 4.58. The molecule has 0 bridgehead atoms. The molecule has 2 heterocycles. The molecule has 2 aromatic carbocycles. The Bertz CT molecular complexity index is 874. The van der Waals surface area contributed by atoms with Crippen LogP contribution in [0.5, 0.6) is 0 Å². The van der Waals surface area contributed by atoms with E-state index in [0.29, 0.717) is 0 Å². The van der Waals surface area contributed by atoms with Gasteiger partial charge < -0.3 is 4.42 Å². The average Bonchev–Trinajstić information content (AvgIpc) is 3.25. The molecular weight excluding hydrogens is 286 g/mol. The van der Waals surface area contributed by atoms with E-state index >= 15 is 0 Å². The van der Waals surface area contributed by atoms with Crippen molar-refractivity contribution in [3.63, 3.8) is 0 Å². The van der Waals surface area contributed by atoms with Crippen LogP contribution in [0, 0.1) is 0 Å². The Morgan fingerprint density at radius 3 is 2.61 bits per heavy atom. The summed E-state index contributed by atoms with van der Waals surface area (Å²) in [4.78, 5) is 0. The smallest absolute Gasteiger partial charge is 0.136 e. The summed E-state index contributed by atoms with van der Waals surface area (Å²) < 4.78 is 7.91. The summed E-state index contributed by atoms with van der Waals surface area (Å²) in [6.45, 7) is 2.16. The van der Waals surface area contributed by atoms with Gasteiger partial charge in [-0.25, -0.2) is 4.68 Å². The van der Waals surface area contributed by atoms with Gasteiger partial charge in [-0.3, -0.25) is 0 Å². The van der Waals surface area contributed by atoms with Crippen LogP contribution in [-0.4, -0.2) is 15.0 Å². The Kier molecular flexibility index (Phi) is 3.42. The van der Waals surface area contributed by atoms with Crippen LogP contribution in [-0.2, 0) is 6.42 Å². The fraction of sp³-hybridized carbons (Fsp3) is 0.158. The second-order valence-electron chi connectivity index (χ2n) is 5.57. The first-order chi connectivity index (χ1) is 11.3. The number of fused-ring (bicyclic) bond motifs is 1. The number of aryl methyl sites for hydroxylation is 1. The van der Waals surface area contributed by atoms with E-state index in [9.17, 15) is 0 Å². The van der Waals surface area contributed by atoms with Gasteiger partial charge in [-0.1, -0.05) is 54.6 Å². The van der Waals surface area contributed by atoms with Crippen molar-refractivity contribution < 1.29 is 4.42 Å². The third kappa shape index (κ3) is 2.52. The number of hydrogen-bond acceptors (Lipinski definition) is 3. The molecule has 0 N–H and O–H groups in total. The molecule has 114 valence electrons. The Labute approximate surface area is 134 Å². The third-order valence-electron chi connectivity index (χ3n) is 4.12. The van der Waals surface area contributed by atoms with Crippen molar-refractivity contribution in [3.05, 3.63) is 83.9 Å². The summed E-state index contributed by atoms with van der Waals surface area (Å²) in [7, 11) is 0. The quantitative estimate of drug-likeness (QED) is 0.567. The number of rotatable bonds is 4. The lowest BCUT2D eigenvalue weighted by Gasteiger charge is -2.15. The zero-order valence-electron chi connectivity index (χ0n) is 12.9. The molecular formula is C19H17N3O. The molecule has 0 spiro atoms. The first-order valence-corrected chi connectivity index (χ1v) is 7.78. The van der Waals surface area contributed by atoms with Gasteiger partial charge in [-0.2, -0.15) is 0 Å². The number of hydrogen-bond donors (Lipinski definition) is 0. The van der Waals surface area contributed by atoms with Crippen molar-refractivity contribution in [2.24, 2.45) is 0 Å². The monoisotopic (exact) mass is 303 g/mol. The van der Waals surface area contributed by atoms with E-state index in [1.807, 2.05) is 29.1 Å². The molecule has 0 fully saturated rings. The fourth-order valence-electron chi connectivity index (χ4n) is 2.88. The highest BCUT2D eigenvalue weighted by atomic mass is 16.3. The molecule has 0 aliphatic heterocycles. The second-order valence-corrected chi connectivity index (χ2v) is 5.57. The molecule has 4 aromatic rings. The van der Waals surface area contributed by atoms with Gasteiger partial charge in [-0.05, 0) is 29.7 Å². The molecule has 23 heavy (non-hydrogen) atoms. The molecule has 1 atom stereocenters. The lowest BCUT2D eigenvalue weighted by Crippen LogP contribution is -2.12. The number of furan rings is 1. The minimum atomic E-state index is -0.115. The van der Waals surface area contributed by atoms with Gasteiger partial charge in [0.2, 0.25) is 0 Å². The zero-order valence-corrected chi connectivity index (χ0v) is 12.9. The molecule has 4 heteroatoms. The average molecular weight is 303 g/mol. The van der Waals surface area contributed by atoms with E-state index in [1.165, 1.54) is 5.56 Å². The Balaban J connectivity index is 1.84. The van der Waals surface area contributed by atoms with Crippen LogP contribution < -0.4 is 0 Å². The molecule has 0 saturated carbocycles. The maximum Gasteiger partial charge on any atom is 0.136 e. The normalized spacial score (nSPS) is 12.6. The molecule has 0 radical (unpaired) electrons. The maximum atomic E-state index is 6.08. The zero-order chi connectivity index (χ0) is 15.6. The summed E-state index contributed by atoms with van der Waals surface area (Å²) >= 11 is 0. The largest absolute Gasteiger partial charge is 0.458 e. The van der Waals surface area contributed by atoms with Crippen LogP contribution in [0.15, 0.2) is 71.4 Å². The summed E-state index contributed by atoms with van der Waals surface area (Å²) in [5.41, 5.74) is 3.33. The summed E-state index contributed by atoms with van der Waals surface area (Å²) in [5, 5.41) is 9.24. The van der Waals surface area contributed by atoms with Crippen molar-refractivity contribution in [2.75, 3.05) is 0 Å². The predicted molar refractivity (Wildman–Crippen MR) is 89.3 cm³/mol. The Hall–Kier alpha value is -2.88. The van der Waals surface area contributed by atoms with Gasteiger partial charge in [0.25, 0.3) is 0 Å². The van der Waals surface area contributed by atoms with Crippen LogP contribution in [0.25, 0.3) is 11.0 Å². The van der Waals surface area contributed by atoms with Crippen LogP contribution in [0.1, 0.15) is 29.9 Å². The van der Waals surface area contributed by atoms with Crippen LogP contribution >= 0.6 is 0 Å². The number of benzene rings is 2. The molecule has 1 unspecified atom stereocenters. The van der Waals surface area contributed by atoms with Crippen molar-refractivity contribution in [2.45, 2.75) is 19.4 Å². The third-order valence-corrected chi connectivity index (χ3v) is 4.12. The van der Waals surface area contributed by atoms with Crippen LogP contribution in [0.3, 0.4) is 0 Å². The topological polar surface area (TPSA) is 43.9 Å². The van der Waals surface area contributed by atoms with Gasteiger partial charge in [0, 0.05) is 11.6 Å². The number of para-hydroxylation sites is 1. The Morgan fingerprint density at radius 2 is 1.91 bits per heavy atom. The minimum absolute atomic E-state index is 0.115. The maximum absolute atomic E-state index is 6.08. The Morgan fingerprint density at radius 1 is 1.09 bits per heavy atom. The number of nitrogens with zero attached hydrogens (tertiary/aromatic N) is 3. The van der Waals surface area contributed by atoms with E-state index in [4.69, 9.17) is 4.42 Å². The summed E-state index contributed by atoms with van der Waals surface area (Å²) in [5.74, 6) is 0.862. The molecule has 4 rings (SSSR count). The van der Waals surface area contributed by atoms with Crippen molar-refractivity contribution >= 4 is 11.0 Å². The highest BCUT2D eigenvalue weighted by Crippen LogP contribution is 2.31. The summed E-state index contributed by atoms with van der Waals surface area (Å²) in [6, 6.07) is 18.6. The van der Waals surface area contributed by atoms with Gasteiger partial charge in [0.1, 0.15) is 17.4 Å². The van der Waals surface area contributed by atoms with Gasteiger partial charge in [0.05, 0.1) is 6.20 Å². The van der Waals surface area contributed by atoms with Crippen molar-refractivity contribution in [1.82, 2.24) is 15.0 Å². The SMILES string of the molecule is CCc1ccc(C(c2cc3ccccc3o2)n2ccnn2)cc1. The van der Waals surface area contributed by atoms with E-state index in [-0.39, 0.29) is 6.04 Å². The van der Waals surface area contributed by atoms with E-state index in [2.05, 4.69) is 53.6 Å². The van der Waals surface area contributed by atoms with Crippen molar-refractivity contribution in [1.29, 1.82) is 0 Å². The van der Waals surface area contributed by atoms with Gasteiger partial charge in [-0.15, -0.1) is 5.10 Å². The van der Waals surface area contributed by atoms with E-state index in [0.717, 1.165) is 28.7 Å². The first kappa shape index (κ1) is 13.8. The number of aromatic nitrogens is 3. The van der Waals surface area contributed by atoms with Gasteiger partial charge >= 0.3 is 0 Å². The molecule has 4 nitrogen and oxygen atoms in total. The van der Waals surface area contributed by atoms with E-state index in [1.54, 1.807) is 6.20 Å². The highest BCUT2D eigenvalue weighted by Gasteiger charge is 2.21. The molecule has 0 amide bonds. The van der Waals surface area contributed by atoms with Crippen molar-refractivity contribution in [3.8, 4) is 0 Å². The predicted octanol–water partition coefficient (Wildman–Crippen LogP) is 4.22. The minimum Gasteiger partial charge on any atom is -0.458 e. The lowest BCUT2D eigenvalue weighted by atomic mass is 10.0. The molecule has 0 aliphatic rings. The second kappa shape index (κ2) is 5.72. The highest BCUT2D eigenvalue weighted by molar-refractivity contribution is 5.78. The standard InChI is InChI=1S/C19H17N3O/c1-2-14-7-9-15(10-8-14)19(22-12-11-20-21-22)18-13-16-5-3-4-6-17(16)23-18/h3-13,19H,2H2,1H3. The first-order valence-electron chi connectivity index (χ1n) is 7.78. The van der Waals surface area contributed by atoms with E-state index < -0.39 is 0 Å². The lowest BCUT2D eigenvalue weighted by molar-refractivity contribution is 0.456. The van der Waals surface area contributed by atoms with Crippen LogP contribution in [0.4, 0.5) is 0 Å². The molecule has 0 aliphatic carbocycles. The van der Waals surface area contributed by atoms with Crippen LogP contribution in [0.2, 0.25) is 0 Å². The fourth-order valence-corrected chi connectivity index (χ4v) is 2.88. The van der Waals surface area contributed by atoms with Gasteiger partial charge in [0.15, 0.2) is 0 Å². The molecule has 2 aromatic heterocycles.